The molecule has 0 spiro atoms. The Bertz CT molecular complexity index is 1330. The summed E-state index contributed by atoms with van der Waals surface area (Å²) < 4.78 is 16.7. The molecule has 158 valence electrons. The van der Waals surface area contributed by atoms with E-state index in [2.05, 4.69) is 33.1 Å². The molecule has 3 heterocycles. The molecule has 1 fully saturated rings. The fourth-order valence-corrected chi connectivity index (χ4v) is 3.66. The first-order valence-electron chi connectivity index (χ1n) is 9.85. The van der Waals surface area contributed by atoms with Crippen LogP contribution in [0.25, 0.3) is 16.7 Å². The Labute approximate surface area is 184 Å². The maximum absolute atomic E-state index is 14.8. The van der Waals surface area contributed by atoms with Gasteiger partial charge < -0.3 is 11.1 Å². The van der Waals surface area contributed by atoms with Crippen LogP contribution in [0.2, 0.25) is 0 Å². The highest BCUT2D eigenvalue weighted by atomic mass is 19.1. The molecule has 1 saturated carbocycles. The van der Waals surface area contributed by atoms with E-state index in [4.69, 9.17) is 10.7 Å². The average molecular weight is 426 g/mol. The number of anilines is 2. The summed E-state index contributed by atoms with van der Waals surface area (Å²) in [6.45, 7) is 0.250. The van der Waals surface area contributed by atoms with Crippen LogP contribution in [0, 0.1) is 30.0 Å². The number of nitrogens with one attached hydrogen (secondary N) is 1. The van der Waals surface area contributed by atoms with Crippen molar-refractivity contribution in [2.45, 2.75) is 25.3 Å². The van der Waals surface area contributed by atoms with Crippen molar-refractivity contribution in [3.05, 3.63) is 65.8 Å². The van der Waals surface area contributed by atoms with E-state index in [9.17, 15) is 9.65 Å². The van der Waals surface area contributed by atoms with Crippen molar-refractivity contribution in [3.8, 4) is 24.6 Å². The Balaban J connectivity index is 0.00000119. The van der Waals surface area contributed by atoms with Crippen LogP contribution in [0.3, 0.4) is 0 Å². The van der Waals surface area contributed by atoms with E-state index in [1.165, 1.54) is 12.4 Å². The lowest BCUT2D eigenvalue weighted by Gasteiger charge is -2.13. The fourth-order valence-electron chi connectivity index (χ4n) is 3.66. The number of benzene rings is 1. The zero-order valence-electron chi connectivity index (χ0n) is 17.0. The molecule has 8 nitrogen and oxygen atoms in total. The Morgan fingerprint density at radius 1 is 1.25 bits per heavy atom. The number of nitrogen functional groups attached to an aromatic ring is 1. The van der Waals surface area contributed by atoms with Crippen LogP contribution in [0.5, 0.6) is 0 Å². The lowest BCUT2D eigenvalue weighted by atomic mass is 10.1. The number of aromatic nitrogens is 5. The first-order chi connectivity index (χ1) is 15.7. The SMILES string of the molecule is C#C.N#Cc1c(N)ncnc1NCc1nc2ccc(F)c(C3CC3)c2n1-c1cccnc1. The minimum absolute atomic E-state index is 0.105. The van der Waals surface area contributed by atoms with Crippen LogP contribution in [-0.2, 0) is 6.54 Å². The van der Waals surface area contributed by atoms with E-state index in [0.717, 1.165) is 24.0 Å². The van der Waals surface area contributed by atoms with Crippen molar-refractivity contribution >= 4 is 22.7 Å². The number of fused-ring (bicyclic) bond motifs is 1. The quantitative estimate of drug-likeness (QED) is 0.469. The molecule has 9 heteroatoms. The maximum Gasteiger partial charge on any atom is 0.149 e. The minimum Gasteiger partial charge on any atom is -0.382 e. The molecule has 0 radical (unpaired) electrons. The molecule has 1 aliphatic carbocycles. The maximum atomic E-state index is 14.8. The summed E-state index contributed by atoms with van der Waals surface area (Å²) in [6.07, 6.45) is 14.6. The van der Waals surface area contributed by atoms with Gasteiger partial charge in [-0.3, -0.25) is 9.55 Å². The van der Waals surface area contributed by atoms with E-state index < -0.39 is 0 Å². The summed E-state index contributed by atoms with van der Waals surface area (Å²) in [7, 11) is 0. The van der Waals surface area contributed by atoms with Crippen LogP contribution in [0.1, 0.15) is 35.7 Å². The second-order valence-electron chi connectivity index (χ2n) is 7.13. The Kier molecular flexibility index (Phi) is 5.65. The van der Waals surface area contributed by atoms with Gasteiger partial charge in [-0.1, -0.05) is 0 Å². The molecular formula is C23H19FN8. The number of hydrogen-bond donors (Lipinski definition) is 2. The van der Waals surface area contributed by atoms with Crippen LogP contribution < -0.4 is 11.1 Å². The minimum atomic E-state index is -0.218. The van der Waals surface area contributed by atoms with Crippen LogP contribution >= 0.6 is 0 Å². The third-order valence-electron chi connectivity index (χ3n) is 5.17. The van der Waals surface area contributed by atoms with E-state index >= 15 is 0 Å². The summed E-state index contributed by atoms with van der Waals surface area (Å²) in [4.78, 5) is 16.9. The van der Waals surface area contributed by atoms with Gasteiger partial charge in [0.15, 0.2) is 0 Å². The monoisotopic (exact) mass is 426 g/mol. The smallest absolute Gasteiger partial charge is 0.149 e. The number of nitrogens with zero attached hydrogens (tertiary/aromatic N) is 6. The third-order valence-corrected chi connectivity index (χ3v) is 5.17. The molecule has 1 aromatic carbocycles. The molecule has 0 aliphatic heterocycles. The lowest BCUT2D eigenvalue weighted by molar-refractivity contribution is 0.613. The largest absolute Gasteiger partial charge is 0.382 e. The van der Waals surface area contributed by atoms with Gasteiger partial charge >= 0.3 is 0 Å². The highest BCUT2D eigenvalue weighted by molar-refractivity contribution is 5.83. The summed E-state index contributed by atoms with van der Waals surface area (Å²) in [5, 5.41) is 12.5. The van der Waals surface area contributed by atoms with Gasteiger partial charge in [0, 0.05) is 11.8 Å². The molecule has 1 aliphatic rings. The predicted octanol–water partition coefficient (Wildman–Crippen LogP) is 3.54. The molecule has 5 rings (SSSR count). The molecule has 3 aromatic heterocycles. The summed E-state index contributed by atoms with van der Waals surface area (Å²) >= 11 is 0. The van der Waals surface area contributed by atoms with Gasteiger partial charge in [0.1, 0.15) is 41.2 Å². The third kappa shape index (κ3) is 3.68. The molecule has 32 heavy (non-hydrogen) atoms. The normalized spacial score (nSPS) is 12.6. The lowest BCUT2D eigenvalue weighted by Crippen LogP contribution is -2.11. The topological polar surface area (TPSA) is 118 Å². The first-order valence-corrected chi connectivity index (χ1v) is 9.85. The van der Waals surface area contributed by atoms with Gasteiger partial charge in [-0.15, -0.1) is 12.8 Å². The number of halogens is 1. The molecule has 0 unspecified atom stereocenters. The fraction of sp³-hybridized carbons (Fsp3) is 0.174. The molecular weight excluding hydrogens is 407 g/mol. The summed E-state index contributed by atoms with van der Waals surface area (Å²) in [6, 6.07) is 8.92. The molecule has 0 saturated heterocycles. The van der Waals surface area contributed by atoms with Gasteiger partial charge in [-0.2, -0.15) is 5.26 Å². The Hall–Kier alpha value is -4.50. The number of terminal acetylenes is 1. The van der Waals surface area contributed by atoms with Gasteiger partial charge in [0.2, 0.25) is 0 Å². The molecule has 0 bridgehead atoms. The summed E-state index contributed by atoms with van der Waals surface area (Å²) in [5.74, 6) is 1.06. The standard InChI is InChI=1S/C21H17FN8.C2H2/c22-15-5-6-16-19(18(15)12-3-4-12)30(13-2-1-7-25-9-13)17(29-16)10-26-21-14(8-23)20(24)27-11-28-21;1-2/h1-2,5-7,9,11-12H,3-4,10H2,(H3,24,26,27,28);1-2H. The van der Waals surface area contributed by atoms with E-state index in [1.54, 1.807) is 18.5 Å². The first kappa shape index (κ1) is 20.8. The van der Waals surface area contributed by atoms with Crippen molar-refractivity contribution in [2.24, 2.45) is 0 Å². The van der Waals surface area contributed by atoms with Crippen LogP contribution in [0.15, 0.2) is 43.0 Å². The predicted molar refractivity (Wildman–Crippen MR) is 119 cm³/mol. The zero-order chi connectivity index (χ0) is 22.7. The van der Waals surface area contributed by atoms with Crippen molar-refractivity contribution in [1.82, 2.24) is 24.5 Å². The van der Waals surface area contributed by atoms with Gasteiger partial charge in [0.05, 0.1) is 29.5 Å². The molecule has 0 atom stereocenters. The number of nitriles is 1. The highest BCUT2D eigenvalue weighted by Gasteiger charge is 2.31. The van der Waals surface area contributed by atoms with Crippen LogP contribution in [0.4, 0.5) is 16.0 Å². The van der Waals surface area contributed by atoms with Gasteiger partial charge in [0.25, 0.3) is 0 Å². The second-order valence-corrected chi connectivity index (χ2v) is 7.13. The number of hydrogen-bond acceptors (Lipinski definition) is 7. The highest BCUT2D eigenvalue weighted by Crippen LogP contribution is 2.45. The van der Waals surface area contributed by atoms with E-state index in [0.29, 0.717) is 22.7 Å². The summed E-state index contributed by atoms with van der Waals surface area (Å²) in [5.41, 5.74) is 8.89. The second kappa shape index (κ2) is 8.70. The number of rotatable bonds is 5. The molecule has 0 amide bonds. The van der Waals surface area contributed by atoms with E-state index in [1.807, 2.05) is 22.8 Å². The van der Waals surface area contributed by atoms with Crippen molar-refractivity contribution in [3.63, 3.8) is 0 Å². The van der Waals surface area contributed by atoms with Crippen molar-refractivity contribution < 1.29 is 4.39 Å². The van der Waals surface area contributed by atoms with Crippen LogP contribution in [-0.4, -0.2) is 24.5 Å². The van der Waals surface area contributed by atoms with E-state index in [-0.39, 0.29) is 29.7 Å². The van der Waals surface area contributed by atoms with Gasteiger partial charge in [-0.05, 0) is 43.0 Å². The molecule has 3 N–H and O–H groups in total. The van der Waals surface area contributed by atoms with Crippen molar-refractivity contribution in [1.29, 1.82) is 5.26 Å². The number of nitrogens with two attached hydrogens (primary N) is 1. The Morgan fingerprint density at radius 2 is 2.06 bits per heavy atom. The average Bonchev–Trinajstić information content (AvgIpc) is 3.59. The van der Waals surface area contributed by atoms with Gasteiger partial charge in [-0.25, -0.2) is 19.3 Å². The zero-order valence-corrected chi connectivity index (χ0v) is 17.0. The number of imidazole rings is 1. The van der Waals surface area contributed by atoms with Crippen molar-refractivity contribution in [2.75, 3.05) is 11.1 Å². The number of pyridine rings is 1. The molecule has 4 aromatic rings. The Morgan fingerprint density at radius 3 is 2.75 bits per heavy atom.